The molecular weight excluding hydrogens is 380 g/mol. The highest BCUT2D eigenvalue weighted by molar-refractivity contribution is 7.91. The molecule has 0 aliphatic heterocycles. The zero-order valence-electron chi connectivity index (χ0n) is 13.9. The Balaban J connectivity index is 2.26. The molecule has 0 aromatic heterocycles. The summed E-state index contributed by atoms with van der Waals surface area (Å²) in [5, 5.41) is -0.238. The van der Waals surface area contributed by atoms with Crippen LogP contribution >= 0.6 is 11.6 Å². The number of unbranched alkanes of at least 4 members (excludes halogenated alkanes) is 1. The number of hydrogen-bond acceptors (Lipinski definition) is 4. The quantitative estimate of drug-likeness (QED) is 0.626. The summed E-state index contributed by atoms with van der Waals surface area (Å²) in [5.74, 6) is 0.0650. The SMILES string of the molecule is CS(=O)(=O)CCCCC(c1ccccc1)S(=O)(=O)c1ccc(Cl)cc1. The van der Waals surface area contributed by atoms with Gasteiger partial charge in [0, 0.05) is 17.0 Å². The van der Waals surface area contributed by atoms with Crippen molar-refractivity contribution in [2.75, 3.05) is 12.0 Å². The normalized spacial score (nSPS) is 13.5. The van der Waals surface area contributed by atoms with Gasteiger partial charge in [0.25, 0.3) is 0 Å². The molecule has 2 aromatic rings. The maximum absolute atomic E-state index is 13.1. The Hall–Kier alpha value is -1.37. The van der Waals surface area contributed by atoms with Crippen LogP contribution in [0.1, 0.15) is 30.1 Å². The molecule has 2 rings (SSSR count). The lowest BCUT2D eigenvalue weighted by Crippen LogP contribution is -2.14. The Bertz CT molecular complexity index is 890. The first-order valence-electron chi connectivity index (χ1n) is 7.92. The predicted molar refractivity (Wildman–Crippen MR) is 101 cm³/mol. The fourth-order valence-electron chi connectivity index (χ4n) is 2.65. The number of benzene rings is 2. The standard InChI is InChI=1S/C18H21ClO4S2/c1-24(20,21)14-6-5-9-18(15-7-3-2-4-8-15)25(22,23)17-12-10-16(19)11-13-17/h2-4,7-8,10-13,18H,5-6,9,14H2,1H3. The van der Waals surface area contributed by atoms with Crippen molar-refractivity contribution in [1.82, 2.24) is 0 Å². The Kier molecular flexibility index (Phi) is 6.65. The second kappa shape index (κ2) is 8.34. The lowest BCUT2D eigenvalue weighted by molar-refractivity contribution is 0.567. The molecule has 2 aromatic carbocycles. The summed E-state index contributed by atoms with van der Waals surface area (Å²) in [5.41, 5.74) is 0.705. The summed E-state index contributed by atoms with van der Waals surface area (Å²) in [7, 11) is -6.64. The van der Waals surface area contributed by atoms with Crippen LogP contribution in [0.2, 0.25) is 5.02 Å². The van der Waals surface area contributed by atoms with E-state index in [0.717, 1.165) is 0 Å². The van der Waals surface area contributed by atoms with Gasteiger partial charge in [-0.25, -0.2) is 16.8 Å². The Morgan fingerprint density at radius 2 is 1.48 bits per heavy atom. The van der Waals surface area contributed by atoms with Crippen LogP contribution in [-0.4, -0.2) is 28.8 Å². The first kappa shape index (κ1) is 19.9. The average Bonchev–Trinajstić information content (AvgIpc) is 2.54. The molecule has 0 bridgehead atoms. The lowest BCUT2D eigenvalue weighted by atomic mass is 10.1. The zero-order chi connectivity index (χ0) is 18.5. The molecule has 0 spiro atoms. The molecule has 136 valence electrons. The van der Waals surface area contributed by atoms with E-state index in [0.29, 0.717) is 29.8 Å². The monoisotopic (exact) mass is 400 g/mol. The van der Waals surface area contributed by atoms with Crippen molar-refractivity contribution in [3.05, 3.63) is 65.2 Å². The van der Waals surface area contributed by atoms with Crippen LogP contribution in [0.5, 0.6) is 0 Å². The van der Waals surface area contributed by atoms with Crippen LogP contribution < -0.4 is 0 Å². The smallest absolute Gasteiger partial charge is 0.185 e. The fourth-order valence-corrected chi connectivity index (χ4v) is 5.34. The molecule has 0 amide bonds. The topological polar surface area (TPSA) is 68.3 Å². The third-order valence-electron chi connectivity index (χ3n) is 3.92. The minimum atomic E-state index is -3.59. The molecule has 0 saturated heterocycles. The summed E-state index contributed by atoms with van der Waals surface area (Å²) in [4.78, 5) is 0.217. The van der Waals surface area contributed by atoms with Crippen molar-refractivity contribution in [2.24, 2.45) is 0 Å². The second-order valence-electron chi connectivity index (χ2n) is 6.02. The highest BCUT2D eigenvalue weighted by atomic mass is 35.5. The van der Waals surface area contributed by atoms with Crippen LogP contribution in [0, 0.1) is 0 Å². The maximum Gasteiger partial charge on any atom is 0.185 e. The van der Waals surface area contributed by atoms with E-state index in [-0.39, 0.29) is 10.6 Å². The molecular formula is C18H21ClO4S2. The molecule has 0 radical (unpaired) electrons. The number of sulfone groups is 2. The van der Waals surface area contributed by atoms with E-state index in [1.54, 1.807) is 36.4 Å². The van der Waals surface area contributed by atoms with Crippen LogP contribution in [0.4, 0.5) is 0 Å². The van der Waals surface area contributed by atoms with E-state index in [1.807, 2.05) is 6.07 Å². The van der Waals surface area contributed by atoms with E-state index < -0.39 is 24.9 Å². The maximum atomic E-state index is 13.1. The predicted octanol–water partition coefficient (Wildman–Crippen LogP) is 4.07. The van der Waals surface area contributed by atoms with Gasteiger partial charge >= 0.3 is 0 Å². The average molecular weight is 401 g/mol. The third-order valence-corrected chi connectivity index (χ3v) is 7.39. The van der Waals surface area contributed by atoms with Crippen molar-refractivity contribution in [3.8, 4) is 0 Å². The molecule has 1 atom stereocenters. The minimum Gasteiger partial charge on any atom is -0.229 e. The van der Waals surface area contributed by atoms with E-state index >= 15 is 0 Å². The molecule has 0 N–H and O–H groups in total. The summed E-state index contributed by atoms with van der Waals surface area (Å²) in [6, 6.07) is 15.1. The van der Waals surface area contributed by atoms with E-state index in [9.17, 15) is 16.8 Å². The first-order chi connectivity index (χ1) is 11.7. The van der Waals surface area contributed by atoms with Crippen molar-refractivity contribution in [1.29, 1.82) is 0 Å². The molecule has 0 fully saturated rings. The van der Waals surface area contributed by atoms with Crippen LogP contribution in [0.15, 0.2) is 59.5 Å². The minimum absolute atomic E-state index is 0.0650. The van der Waals surface area contributed by atoms with Crippen LogP contribution in [-0.2, 0) is 19.7 Å². The van der Waals surface area contributed by atoms with Gasteiger partial charge in [-0.05, 0) is 42.7 Å². The molecule has 0 saturated carbocycles. The highest BCUT2D eigenvalue weighted by Gasteiger charge is 2.28. The molecule has 4 nitrogen and oxygen atoms in total. The second-order valence-corrected chi connectivity index (χ2v) is 10.9. The van der Waals surface area contributed by atoms with Gasteiger partial charge in [0.2, 0.25) is 0 Å². The Morgan fingerprint density at radius 1 is 0.880 bits per heavy atom. The molecule has 1 unspecified atom stereocenters. The molecule has 0 aliphatic rings. The van der Waals surface area contributed by atoms with Gasteiger partial charge in [0.1, 0.15) is 9.84 Å². The molecule has 0 aliphatic carbocycles. The zero-order valence-corrected chi connectivity index (χ0v) is 16.3. The molecule has 7 heteroatoms. The van der Waals surface area contributed by atoms with E-state index in [1.165, 1.54) is 18.4 Å². The van der Waals surface area contributed by atoms with Gasteiger partial charge in [0.15, 0.2) is 9.84 Å². The van der Waals surface area contributed by atoms with Gasteiger partial charge in [0.05, 0.1) is 10.1 Å². The Morgan fingerprint density at radius 3 is 2.04 bits per heavy atom. The fraction of sp³-hybridized carbons (Fsp3) is 0.333. The molecule has 25 heavy (non-hydrogen) atoms. The number of halogens is 1. The number of hydrogen-bond donors (Lipinski definition) is 0. The van der Waals surface area contributed by atoms with Crippen LogP contribution in [0.25, 0.3) is 0 Å². The van der Waals surface area contributed by atoms with Gasteiger partial charge in [-0.3, -0.25) is 0 Å². The highest BCUT2D eigenvalue weighted by Crippen LogP contribution is 2.33. The largest absolute Gasteiger partial charge is 0.229 e. The van der Waals surface area contributed by atoms with Gasteiger partial charge in [-0.2, -0.15) is 0 Å². The van der Waals surface area contributed by atoms with Gasteiger partial charge < -0.3 is 0 Å². The summed E-state index contributed by atoms with van der Waals surface area (Å²) in [6.45, 7) is 0. The Labute approximate surface area is 154 Å². The third kappa shape index (κ3) is 5.83. The summed E-state index contributed by atoms with van der Waals surface area (Å²) < 4.78 is 48.7. The lowest BCUT2D eigenvalue weighted by Gasteiger charge is -2.18. The van der Waals surface area contributed by atoms with E-state index in [4.69, 9.17) is 11.6 Å². The van der Waals surface area contributed by atoms with Gasteiger partial charge in [-0.1, -0.05) is 48.4 Å². The summed E-state index contributed by atoms with van der Waals surface area (Å²) in [6.07, 6.45) is 2.51. The van der Waals surface area contributed by atoms with Crippen molar-refractivity contribution < 1.29 is 16.8 Å². The van der Waals surface area contributed by atoms with Crippen LogP contribution in [0.3, 0.4) is 0 Å². The van der Waals surface area contributed by atoms with Gasteiger partial charge in [-0.15, -0.1) is 0 Å². The van der Waals surface area contributed by atoms with Crippen molar-refractivity contribution in [3.63, 3.8) is 0 Å². The van der Waals surface area contributed by atoms with Crippen molar-refractivity contribution in [2.45, 2.75) is 29.4 Å². The van der Waals surface area contributed by atoms with Crippen molar-refractivity contribution >= 4 is 31.3 Å². The van der Waals surface area contributed by atoms with E-state index in [2.05, 4.69) is 0 Å². The molecule has 0 heterocycles. The summed E-state index contributed by atoms with van der Waals surface area (Å²) >= 11 is 5.85. The number of rotatable bonds is 8. The first-order valence-corrected chi connectivity index (χ1v) is 11.9.